The van der Waals surface area contributed by atoms with Gasteiger partial charge in [-0.2, -0.15) is 0 Å². The van der Waals surface area contributed by atoms with Crippen molar-refractivity contribution in [1.82, 2.24) is 9.97 Å². The molecular formula is C51H42BIrN3-2. The number of anilines is 3. The number of hydrogen-bond donors (Lipinski definition) is 0. The monoisotopic (exact) mass is 900 g/mol. The first kappa shape index (κ1) is 38.4. The van der Waals surface area contributed by atoms with E-state index >= 15 is 0 Å². The third-order valence-electron chi connectivity index (χ3n) is 10.5. The van der Waals surface area contributed by atoms with Gasteiger partial charge in [0.15, 0.2) is 0 Å². The molecule has 0 aliphatic carbocycles. The van der Waals surface area contributed by atoms with E-state index in [4.69, 9.17) is 0 Å². The summed E-state index contributed by atoms with van der Waals surface area (Å²) in [6, 6.07) is 59.9. The number of aryl methyl sites for hydroxylation is 5. The van der Waals surface area contributed by atoms with Crippen LogP contribution >= 0.6 is 0 Å². The zero-order chi connectivity index (χ0) is 37.9. The van der Waals surface area contributed by atoms with Crippen LogP contribution in [-0.4, -0.2) is 16.7 Å². The van der Waals surface area contributed by atoms with Crippen LogP contribution < -0.4 is 21.3 Å². The van der Waals surface area contributed by atoms with Gasteiger partial charge in [-0.3, -0.25) is 0 Å². The van der Waals surface area contributed by atoms with E-state index in [1.165, 1.54) is 66.8 Å². The molecule has 0 saturated carbocycles. The number of hydrogen-bond acceptors (Lipinski definition) is 3. The van der Waals surface area contributed by atoms with Gasteiger partial charge in [0.1, 0.15) is 0 Å². The molecule has 0 atom stereocenters. The van der Waals surface area contributed by atoms with E-state index in [2.05, 4.69) is 158 Å². The topological polar surface area (TPSA) is 29.0 Å². The van der Waals surface area contributed by atoms with Crippen molar-refractivity contribution in [1.29, 1.82) is 0 Å². The van der Waals surface area contributed by atoms with Gasteiger partial charge in [0.2, 0.25) is 6.71 Å². The van der Waals surface area contributed by atoms with Crippen LogP contribution in [0.3, 0.4) is 0 Å². The predicted molar refractivity (Wildman–Crippen MR) is 232 cm³/mol. The molecule has 275 valence electrons. The van der Waals surface area contributed by atoms with Gasteiger partial charge in [-0.1, -0.05) is 102 Å². The molecule has 1 aliphatic heterocycles. The minimum Gasteiger partial charge on any atom is -0.311 e. The van der Waals surface area contributed by atoms with Gasteiger partial charge >= 0.3 is 0 Å². The maximum Gasteiger partial charge on any atom is 0.247 e. The second kappa shape index (κ2) is 16.9. The molecule has 0 spiro atoms. The van der Waals surface area contributed by atoms with E-state index in [1.54, 1.807) is 0 Å². The summed E-state index contributed by atoms with van der Waals surface area (Å²) in [7, 11) is 0. The second-order valence-electron chi connectivity index (χ2n) is 14.3. The number of aromatic nitrogens is 2. The fourth-order valence-corrected chi connectivity index (χ4v) is 7.88. The molecule has 0 unspecified atom stereocenters. The maximum absolute atomic E-state index is 4.67. The molecule has 5 heteroatoms. The van der Waals surface area contributed by atoms with Crippen LogP contribution in [0.15, 0.2) is 164 Å². The Kier molecular flexibility index (Phi) is 11.6. The normalized spacial score (nSPS) is 11.4. The first-order chi connectivity index (χ1) is 26.9. The molecule has 0 fully saturated rings. The summed E-state index contributed by atoms with van der Waals surface area (Å²) in [6.07, 6.45) is 3.78. The number of fused-ring (bicyclic) bond motifs is 2. The van der Waals surface area contributed by atoms with Crippen molar-refractivity contribution in [3.8, 4) is 33.6 Å². The maximum atomic E-state index is 4.67. The molecule has 8 aromatic rings. The summed E-state index contributed by atoms with van der Waals surface area (Å²) in [5.41, 5.74) is 20.4. The molecule has 1 aliphatic rings. The first-order valence-electron chi connectivity index (χ1n) is 18.9. The third-order valence-corrected chi connectivity index (χ3v) is 10.5. The van der Waals surface area contributed by atoms with Crippen LogP contribution in [-0.2, 0) is 20.1 Å². The minimum absolute atomic E-state index is 0. The number of nitrogens with zero attached hydrogens (tertiary/aromatic N) is 3. The van der Waals surface area contributed by atoms with E-state index in [0.29, 0.717) is 0 Å². The Morgan fingerprint density at radius 1 is 0.500 bits per heavy atom. The van der Waals surface area contributed by atoms with E-state index < -0.39 is 0 Å². The average Bonchev–Trinajstić information content (AvgIpc) is 3.22. The Morgan fingerprint density at radius 2 is 1.11 bits per heavy atom. The van der Waals surface area contributed by atoms with Crippen LogP contribution in [0, 0.1) is 46.8 Å². The molecular weight excluding hydrogens is 858 g/mol. The molecule has 0 saturated heterocycles. The van der Waals surface area contributed by atoms with E-state index in [0.717, 1.165) is 28.1 Å². The van der Waals surface area contributed by atoms with Gasteiger partial charge in [0, 0.05) is 43.9 Å². The van der Waals surface area contributed by atoms with Gasteiger partial charge in [-0.15, -0.1) is 71.8 Å². The quantitative estimate of drug-likeness (QED) is 0.127. The predicted octanol–water partition coefficient (Wildman–Crippen LogP) is 10.6. The third kappa shape index (κ3) is 7.66. The Balaban J connectivity index is 0.000000291. The molecule has 3 nitrogen and oxygen atoms in total. The summed E-state index contributed by atoms with van der Waals surface area (Å²) in [5, 5.41) is 0. The molecule has 56 heavy (non-hydrogen) atoms. The number of rotatable bonds is 5. The first-order valence-corrected chi connectivity index (χ1v) is 18.9. The van der Waals surface area contributed by atoms with Crippen LogP contribution in [0.5, 0.6) is 0 Å². The van der Waals surface area contributed by atoms with E-state index in [9.17, 15) is 0 Å². The van der Waals surface area contributed by atoms with Crippen LogP contribution in [0.25, 0.3) is 33.6 Å². The summed E-state index contributed by atoms with van der Waals surface area (Å²) in [6.45, 7) is 11.1. The summed E-state index contributed by atoms with van der Waals surface area (Å²) in [5.74, 6) is 0. The Bertz CT molecular complexity index is 2560. The van der Waals surface area contributed by atoms with Crippen molar-refractivity contribution in [2.24, 2.45) is 0 Å². The standard InChI is InChI=1S/C39H32BN2.C12H10N.Ir/c1-26-12-10-13-27(2)38(26)40-33-18-8-9-19-36(33)42(39-28(3)14-11-15-29(39)4)37-21-20-31(24-34(37)40)32-22-23-41-35(25-32)30-16-6-5-7-17-30;1-10-7-8-12(13-9-10)11-5-3-2-4-6-11;/h5-16,18-25H,1-4H3;2-5,7-9H,1H3;/q2*-1;. The van der Waals surface area contributed by atoms with Crippen molar-refractivity contribution in [3.05, 3.63) is 204 Å². The van der Waals surface area contributed by atoms with E-state index in [-0.39, 0.29) is 26.8 Å². The molecule has 0 bridgehead atoms. The summed E-state index contributed by atoms with van der Waals surface area (Å²) in [4.78, 5) is 11.5. The van der Waals surface area contributed by atoms with Crippen LogP contribution in [0.1, 0.15) is 27.8 Å². The SMILES string of the molecule is Cc1ccc(-c2[c-]cccc2)nc1.Cc1cccc(C)c1B1c2ccccc2N(c2c(C)cccc2C)c2ccc(-c3ccnc(-c4[c-]cccc4)c3)cc21.[Ir]. The molecule has 0 amide bonds. The van der Waals surface area contributed by atoms with Gasteiger partial charge in [0.05, 0.1) is 5.69 Å². The molecule has 0 N–H and O–H groups in total. The Labute approximate surface area is 345 Å². The number of pyridine rings is 2. The number of benzene rings is 6. The smallest absolute Gasteiger partial charge is 0.247 e. The largest absolute Gasteiger partial charge is 0.311 e. The van der Waals surface area contributed by atoms with Gasteiger partial charge in [0.25, 0.3) is 0 Å². The molecule has 1 radical (unpaired) electrons. The fourth-order valence-electron chi connectivity index (χ4n) is 7.88. The molecule has 6 aromatic carbocycles. The van der Waals surface area contributed by atoms with Crippen LogP contribution in [0.2, 0.25) is 0 Å². The average molecular weight is 900 g/mol. The fraction of sp³-hybridized carbons (Fsp3) is 0.0980. The van der Waals surface area contributed by atoms with Gasteiger partial charge in [-0.05, 0) is 103 Å². The Morgan fingerprint density at radius 3 is 1.75 bits per heavy atom. The zero-order valence-electron chi connectivity index (χ0n) is 32.3. The van der Waals surface area contributed by atoms with Crippen molar-refractivity contribution in [2.75, 3.05) is 4.90 Å². The summed E-state index contributed by atoms with van der Waals surface area (Å²) < 4.78 is 0. The van der Waals surface area contributed by atoms with Gasteiger partial charge < -0.3 is 14.9 Å². The molecule has 9 rings (SSSR count). The Hall–Kier alpha value is -5.87. The minimum atomic E-state index is 0. The summed E-state index contributed by atoms with van der Waals surface area (Å²) >= 11 is 0. The number of para-hydroxylation sites is 2. The van der Waals surface area contributed by atoms with E-state index in [1.807, 2.05) is 67.8 Å². The van der Waals surface area contributed by atoms with Crippen molar-refractivity contribution in [3.63, 3.8) is 0 Å². The van der Waals surface area contributed by atoms with Crippen molar-refractivity contribution < 1.29 is 20.1 Å². The zero-order valence-corrected chi connectivity index (χ0v) is 34.7. The van der Waals surface area contributed by atoms with Gasteiger partial charge in [-0.25, -0.2) is 0 Å². The molecule has 3 heterocycles. The second-order valence-corrected chi connectivity index (χ2v) is 14.3. The van der Waals surface area contributed by atoms with Crippen molar-refractivity contribution >= 4 is 40.2 Å². The van der Waals surface area contributed by atoms with Crippen molar-refractivity contribution in [2.45, 2.75) is 34.6 Å². The van der Waals surface area contributed by atoms with Crippen LogP contribution in [0.4, 0.5) is 17.1 Å². The molecule has 2 aromatic heterocycles.